The van der Waals surface area contributed by atoms with E-state index >= 15 is 0 Å². The third-order valence-electron chi connectivity index (χ3n) is 0.743. The van der Waals surface area contributed by atoms with Crippen LogP contribution in [-0.4, -0.2) is 19.5 Å². The molecule has 0 aliphatic heterocycles. The molecule has 0 unspecified atom stereocenters. The fraction of sp³-hybridized carbons (Fsp3) is 0. The van der Waals surface area contributed by atoms with Crippen LogP contribution in [0.2, 0.25) is 0 Å². The second-order valence-electron chi connectivity index (χ2n) is 2.27. The summed E-state index contributed by atoms with van der Waals surface area (Å²) in [6.07, 6.45) is 0. The van der Waals surface area contributed by atoms with Crippen LogP contribution in [0, 0.1) is 3.57 Å². The van der Waals surface area contributed by atoms with E-state index in [1.54, 1.807) is 0 Å². The fourth-order valence-corrected chi connectivity index (χ4v) is 0.869. The summed E-state index contributed by atoms with van der Waals surface area (Å²) >= 11 is -9.23. The maximum absolute atomic E-state index is 11.2. The summed E-state index contributed by atoms with van der Waals surface area (Å²) in [6.45, 7) is 0. The molecule has 1 aromatic rings. The van der Waals surface area contributed by atoms with Gasteiger partial charge in [-0.2, -0.15) is 0 Å². The second-order valence-corrected chi connectivity index (χ2v) is 9.09. The molecule has 0 aromatic heterocycles. The van der Waals surface area contributed by atoms with Crippen molar-refractivity contribution in [1.29, 1.82) is 0 Å². The van der Waals surface area contributed by atoms with Crippen LogP contribution in [0.1, 0.15) is 0 Å². The Morgan fingerprint density at radius 1 is 0.786 bits per heavy atom. The Morgan fingerprint density at radius 3 is 1.21 bits per heavy atom. The average molecular weight is 441 g/mol. The Bertz CT molecular complexity index is 278. The largest absolute Gasteiger partial charge is 0.296 e. The molecule has 0 saturated carbocycles. The van der Waals surface area contributed by atoms with Gasteiger partial charge in [-0.3, -0.25) is 0 Å². The van der Waals surface area contributed by atoms with Crippen LogP contribution in [0.15, 0.2) is 30.3 Å². The molecular formula is C6H6F6ISb. The standard InChI is InChI=1S/C6H6I.6FH.Sb/c7-6-4-2-1-3-5-6;;;;;;;/h1-5,7H;6*1H;/q+1;;;;;;;+5/p-6. The minimum Gasteiger partial charge on any atom is -0.0619 e. The third-order valence-corrected chi connectivity index (χ3v) is 1.52. The number of rotatable bonds is 0. The molecule has 0 saturated heterocycles. The van der Waals surface area contributed by atoms with Gasteiger partial charge in [0, 0.05) is 0 Å². The van der Waals surface area contributed by atoms with E-state index in [2.05, 4.69) is 12.1 Å². The Balaban J connectivity index is 0.000000241. The summed E-state index contributed by atoms with van der Waals surface area (Å²) in [6, 6.07) is 10.3. The number of halogens is 7. The quantitative estimate of drug-likeness (QED) is 0.309. The third kappa shape index (κ3) is 22.8. The predicted molar refractivity (Wildman–Crippen MR) is 38.9 cm³/mol. The van der Waals surface area contributed by atoms with Gasteiger partial charge in [0.15, 0.2) is 3.57 Å². The number of benzene rings is 1. The molecule has 0 heterocycles. The monoisotopic (exact) mass is 440 g/mol. The van der Waals surface area contributed by atoms with Crippen LogP contribution in [0.4, 0.5) is 16.9 Å². The van der Waals surface area contributed by atoms with Gasteiger partial charge in [0.2, 0.25) is 0 Å². The van der Waals surface area contributed by atoms with Crippen LogP contribution in [-0.2, 0) is 0 Å². The van der Waals surface area contributed by atoms with Gasteiger partial charge in [-0.15, -0.1) is 0 Å². The minimum absolute atomic E-state index is 1.33. The van der Waals surface area contributed by atoms with Gasteiger partial charge in [0.05, 0.1) is 0 Å². The SMILES string of the molecule is [F][Sb-]([F])([F])([F])([F])[F].[IH+]c1ccccc1. The molecule has 0 spiro atoms. The van der Waals surface area contributed by atoms with Crippen LogP contribution < -0.4 is 22.6 Å². The van der Waals surface area contributed by atoms with Crippen LogP contribution in [0.5, 0.6) is 0 Å². The predicted octanol–water partition coefficient (Wildman–Crippen LogP) is 0.282. The average Bonchev–Trinajstić information content (AvgIpc) is 1.81. The smallest absolute Gasteiger partial charge is 0.0619 e. The first-order valence-electron chi connectivity index (χ1n) is 3.13. The summed E-state index contributed by atoms with van der Waals surface area (Å²) < 4.78 is 60.9. The summed E-state index contributed by atoms with van der Waals surface area (Å²) in [5.74, 6) is 0. The van der Waals surface area contributed by atoms with Crippen LogP contribution in [0.25, 0.3) is 0 Å². The van der Waals surface area contributed by atoms with E-state index in [0.29, 0.717) is 0 Å². The van der Waals surface area contributed by atoms with Gasteiger partial charge in [-0.1, -0.05) is 18.2 Å². The zero-order chi connectivity index (χ0) is 11.5. The van der Waals surface area contributed by atoms with Crippen molar-refractivity contribution in [1.82, 2.24) is 0 Å². The minimum atomic E-state index is -11.2. The normalized spacial score (nSPS) is 15.9. The topological polar surface area (TPSA) is 0 Å². The number of hydrogen-bond donors (Lipinski definition) is 0. The van der Waals surface area contributed by atoms with Crippen LogP contribution >= 0.6 is 0 Å². The van der Waals surface area contributed by atoms with Gasteiger partial charge in [-0.25, -0.2) is 0 Å². The summed E-state index contributed by atoms with van der Waals surface area (Å²) in [7, 11) is 0. The first-order valence-corrected chi connectivity index (χ1v) is 10.1. The Kier molecular flexibility index (Phi) is 3.83. The van der Waals surface area contributed by atoms with E-state index in [0.717, 1.165) is 0 Å². The van der Waals surface area contributed by atoms with Crippen molar-refractivity contribution < 1.29 is 39.5 Å². The van der Waals surface area contributed by atoms with Crippen molar-refractivity contribution in [2.75, 3.05) is 0 Å². The number of hydrogen-bond acceptors (Lipinski definition) is 0. The molecule has 84 valence electrons. The van der Waals surface area contributed by atoms with Crippen molar-refractivity contribution in [2.24, 2.45) is 0 Å². The maximum atomic E-state index is 9.93. The molecule has 1 rings (SSSR count). The molecule has 1 aromatic carbocycles. The van der Waals surface area contributed by atoms with Crippen molar-refractivity contribution in [3.63, 3.8) is 0 Å². The molecule has 8 heteroatoms. The zero-order valence-corrected chi connectivity index (χ0v) is 11.4. The molecule has 0 radical (unpaired) electrons. The van der Waals surface area contributed by atoms with E-state index in [-0.39, 0.29) is 0 Å². The van der Waals surface area contributed by atoms with Gasteiger partial charge >= 0.3 is 36.4 Å². The van der Waals surface area contributed by atoms with Crippen LogP contribution in [0.3, 0.4) is 0 Å². The zero-order valence-electron chi connectivity index (χ0n) is 6.51. The van der Waals surface area contributed by atoms with Gasteiger partial charge in [0.1, 0.15) is 0 Å². The van der Waals surface area contributed by atoms with E-state index in [9.17, 15) is 16.9 Å². The molecule has 14 heavy (non-hydrogen) atoms. The molecule has 0 aliphatic rings. The molecular weight excluding hydrogens is 435 g/mol. The maximum Gasteiger partial charge on any atom is 0.296 e. The van der Waals surface area contributed by atoms with Crippen molar-refractivity contribution in [3.05, 3.63) is 33.9 Å². The first-order chi connectivity index (χ1) is 5.84. The van der Waals surface area contributed by atoms with Crippen molar-refractivity contribution in [2.45, 2.75) is 0 Å². The van der Waals surface area contributed by atoms with Gasteiger partial charge < -0.3 is 0 Å². The van der Waals surface area contributed by atoms with Crippen molar-refractivity contribution >= 4 is 19.5 Å². The summed E-state index contributed by atoms with van der Waals surface area (Å²) in [5.41, 5.74) is 0. The molecule has 0 N–H and O–H groups in total. The van der Waals surface area contributed by atoms with Crippen molar-refractivity contribution in [3.8, 4) is 0 Å². The Morgan fingerprint density at radius 2 is 1.07 bits per heavy atom. The second kappa shape index (κ2) is 3.73. The Labute approximate surface area is 92.3 Å². The van der Waals surface area contributed by atoms with E-state index in [1.807, 2.05) is 40.8 Å². The molecule has 0 aliphatic carbocycles. The fourth-order valence-electron chi connectivity index (χ4n) is 0.420. The summed E-state index contributed by atoms with van der Waals surface area (Å²) in [5, 5.41) is 0. The molecule has 0 amide bonds. The van der Waals surface area contributed by atoms with E-state index in [1.165, 1.54) is 3.57 Å². The Hall–Kier alpha value is 0.348. The van der Waals surface area contributed by atoms with E-state index < -0.39 is 19.5 Å². The van der Waals surface area contributed by atoms with Gasteiger partial charge in [-0.05, 0) is 12.1 Å². The summed E-state index contributed by atoms with van der Waals surface area (Å²) in [4.78, 5) is 0. The first kappa shape index (κ1) is 14.3. The molecule has 0 atom stereocenters. The van der Waals surface area contributed by atoms with Gasteiger partial charge in [0.25, 0.3) is 22.6 Å². The molecule has 0 bridgehead atoms. The molecule has 0 nitrogen and oxygen atoms in total. The van der Waals surface area contributed by atoms with E-state index in [4.69, 9.17) is 0 Å². The molecule has 0 fully saturated rings.